The zero-order chi connectivity index (χ0) is 18.4. The number of rotatable bonds is 6. The van der Waals surface area contributed by atoms with Crippen LogP contribution in [0.25, 0.3) is 0 Å². The third kappa shape index (κ3) is 4.66. The molecule has 0 radical (unpaired) electrons. The number of halogens is 1. The van der Waals surface area contributed by atoms with E-state index in [0.717, 1.165) is 23.2 Å². The molecule has 0 heterocycles. The molecule has 2 rings (SSSR count). The molecule has 4 nitrogen and oxygen atoms in total. The fourth-order valence-corrected chi connectivity index (χ4v) is 2.81. The number of nitrogens with zero attached hydrogens (tertiary/aromatic N) is 1. The Morgan fingerprint density at radius 2 is 1.84 bits per heavy atom. The SMILES string of the molecule is CCc1cccc(C)c1N(CCC(=O)Nc1ccccc1F)C(C)=O. The highest BCUT2D eigenvalue weighted by atomic mass is 19.1. The van der Waals surface area contributed by atoms with Gasteiger partial charge in [-0.2, -0.15) is 0 Å². The first-order chi connectivity index (χ1) is 11.9. The number of hydrogen-bond donors (Lipinski definition) is 1. The lowest BCUT2D eigenvalue weighted by Crippen LogP contribution is -2.33. The molecular formula is C20H23FN2O2. The van der Waals surface area contributed by atoms with E-state index < -0.39 is 5.82 Å². The van der Waals surface area contributed by atoms with Crippen LogP contribution in [0.1, 0.15) is 31.4 Å². The van der Waals surface area contributed by atoms with Gasteiger partial charge in [0, 0.05) is 25.6 Å². The normalized spacial score (nSPS) is 10.4. The molecule has 0 aliphatic heterocycles. The summed E-state index contributed by atoms with van der Waals surface area (Å²) in [4.78, 5) is 25.9. The van der Waals surface area contributed by atoms with Crippen LogP contribution in [0.15, 0.2) is 42.5 Å². The fourth-order valence-electron chi connectivity index (χ4n) is 2.81. The Labute approximate surface area is 147 Å². The molecule has 132 valence electrons. The Hall–Kier alpha value is -2.69. The van der Waals surface area contributed by atoms with Crippen LogP contribution in [0.2, 0.25) is 0 Å². The average molecular weight is 342 g/mol. The predicted molar refractivity (Wildman–Crippen MR) is 98.2 cm³/mol. The lowest BCUT2D eigenvalue weighted by Gasteiger charge is -2.25. The molecule has 0 spiro atoms. The zero-order valence-corrected chi connectivity index (χ0v) is 14.8. The monoisotopic (exact) mass is 342 g/mol. The van der Waals surface area contributed by atoms with Crippen molar-refractivity contribution >= 4 is 23.2 Å². The Bertz CT molecular complexity index is 774. The number of nitrogens with one attached hydrogen (secondary N) is 1. The van der Waals surface area contributed by atoms with Gasteiger partial charge in [-0.25, -0.2) is 4.39 Å². The lowest BCUT2D eigenvalue weighted by molar-refractivity contribution is -0.117. The number of para-hydroxylation sites is 2. The van der Waals surface area contributed by atoms with Crippen molar-refractivity contribution in [1.82, 2.24) is 0 Å². The van der Waals surface area contributed by atoms with Crippen molar-refractivity contribution in [2.45, 2.75) is 33.6 Å². The van der Waals surface area contributed by atoms with E-state index in [9.17, 15) is 14.0 Å². The third-order valence-electron chi connectivity index (χ3n) is 4.06. The number of amides is 2. The summed E-state index contributed by atoms with van der Waals surface area (Å²) in [6.45, 7) is 5.71. The van der Waals surface area contributed by atoms with Crippen molar-refractivity contribution in [2.24, 2.45) is 0 Å². The van der Waals surface area contributed by atoms with Gasteiger partial charge in [0.1, 0.15) is 5.82 Å². The first kappa shape index (κ1) is 18.6. The second-order valence-electron chi connectivity index (χ2n) is 5.88. The highest BCUT2D eigenvalue weighted by molar-refractivity contribution is 5.95. The maximum atomic E-state index is 13.6. The molecule has 0 aromatic heterocycles. The zero-order valence-electron chi connectivity index (χ0n) is 14.8. The van der Waals surface area contributed by atoms with E-state index >= 15 is 0 Å². The number of benzene rings is 2. The van der Waals surface area contributed by atoms with Gasteiger partial charge in [0.05, 0.1) is 5.69 Å². The van der Waals surface area contributed by atoms with Crippen molar-refractivity contribution in [3.05, 3.63) is 59.4 Å². The lowest BCUT2D eigenvalue weighted by atomic mass is 10.0. The maximum Gasteiger partial charge on any atom is 0.226 e. The second kappa shape index (κ2) is 8.42. The van der Waals surface area contributed by atoms with Crippen molar-refractivity contribution in [3.63, 3.8) is 0 Å². The van der Waals surface area contributed by atoms with E-state index in [1.165, 1.54) is 19.1 Å². The molecule has 2 aromatic rings. The molecular weight excluding hydrogens is 319 g/mol. The summed E-state index contributed by atoms with van der Waals surface area (Å²) in [6.07, 6.45) is 0.883. The quantitative estimate of drug-likeness (QED) is 0.860. The van der Waals surface area contributed by atoms with Gasteiger partial charge in [0.2, 0.25) is 11.8 Å². The molecule has 2 aromatic carbocycles. The van der Waals surface area contributed by atoms with Crippen LogP contribution in [0.3, 0.4) is 0 Å². The topological polar surface area (TPSA) is 49.4 Å². The van der Waals surface area contributed by atoms with Gasteiger partial charge in [-0.15, -0.1) is 0 Å². The average Bonchev–Trinajstić information content (AvgIpc) is 2.58. The molecule has 1 N–H and O–H groups in total. The molecule has 0 aliphatic rings. The highest BCUT2D eigenvalue weighted by Gasteiger charge is 2.18. The predicted octanol–water partition coefficient (Wildman–Crippen LogP) is 4.08. The summed E-state index contributed by atoms with van der Waals surface area (Å²) in [6, 6.07) is 11.9. The molecule has 0 aliphatic carbocycles. The van der Waals surface area contributed by atoms with Crippen molar-refractivity contribution < 1.29 is 14.0 Å². The summed E-state index contributed by atoms with van der Waals surface area (Å²) in [5.41, 5.74) is 3.05. The summed E-state index contributed by atoms with van der Waals surface area (Å²) in [5, 5.41) is 2.55. The van der Waals surface area contributed by atoms with Gasteiger partial charge in [-0.1, -0.05) is 37.3 Å². The van der Waals surface area contributed by atoms with Crippen LogP contribution in [0.4, 0.5) is 15.8 Å². The molecule has 0 saturated heterocycles. The Morgan fingerprint density at radius 1 is 1.12 bits per heavy atom. The number of anilines is 2. The van der Waals surface area contributed by atoms with E-state index in [1.807, 2.05) is 32.0 Å². The van der Waals surface area contributed by atoms with E-state index in [2.05, 4.69) is 5.32 Å². The Balaban J connectivity index is 2.12. The molecule has 0 fully saturated rings. The van der Waals surface area contributed by atoms with Gasteiger partial charge >= 0.3 is 0 Å². The second-order valence-corrected chi connectivity index (χ2v) is 5.88. The van der Waals surface area contributed by atoms with Crippen LogP contribution in [-0.4, -0.2) is 18.4 Å². The van der Waals surface area contributed by atoms with Crippen LogP contribution in [0.5, 0.6) is 0 Å². The molecule has 0 atom stereocenters. The van der Waals surface area contributed by atoms with Crippen molar-refractivity contribution in [3.8, 4) is 0 Å². The van der Waals surface area contributed by atoms with Gasteiger partial charge in [-0.05, 0) is 36.6 Å². The van der Waals surface area contributed by atoms with Crippen LogP contribution in [0, 0.1) is 12.7 Å². The molecule has 5 heteroatoms. The van der Waals surface area contributed by atoms with Crippen molar-refractivity contribution in [1.29, 1.82) is 0 Å². The number of carbonyl (C=O) groups is 2. The number of aryl methyl sites for hydroxylation is 2. The highest BCUT2D eigenvalue weighted by Crippen LogP contribution is 2.26. The number of hydrogen-bond acceptors (Lipinski definition) is 2. The number of carbonyl (C=O) groups excluding carboxylic acids is 2. The summed E-state index contributed by atoms with van der Waals surface area (Å²) >= 11 is 0. The largest absolute Gasteiger partial charge is 0.324 e. The van der Waals surface area contributed by atoms with E-state index in [-0.39, 0.29) is 30.5 Å². The molecule has 0 bridgehead atoms. The first-order valence-corrected chi connectivity index (χ1v) is 8.35. The molecule has 25 heavy (non-hydrogen) atoms. The van der Waals surface area contributed by atoms with E-state index in [1.54, 1.807) is 17.0 Å². The molecule has 0 saturated carbocycles. The Morgan fingerprint density at radius 3 is 2.48 bits per heavy atom. The van der Waals surface area contributed by atoms with Gasteiger partial charge in [-0.3, -0.25) is 9.59 Å². The Kier molecular flexibility index (Phi) is 6.28. The first-order valence-electron chi connectivity index (χ1n) is 8.35. The molecule has 2 amide bonds. The minimum atomic E-state index is -0.480. The fraction of sp³-hybridized carbons (Fsp3) is 0.300. The summed E-state index contributed by atoms with van der Waals surface area (Å²) in [5.74, 6) is -0.933. The van der Waals surface area contributed by atoms with Crippen LogP contribution >= 0.6 is 0 Å². The van der Waals surface area contributed by atoms with Crippen LogP contribution in [-0.2, 0) is 16.0 Å². The molecule has 0 unspecified atom stereocenters. The van der Waals surface area contributed by atoms with Crippen LogP contribution < -0.4 is 10.2 Å². The van der Waals surface area contributed by atoms with E-state index in [4.69, 9.17) is 0 Å². The smallest absolute Gasteiger partial charge is 0.226 e. The minimum absolute atomic E-state index is 0.0887. The van der Waals surface area contributed by atoms with Gasteiger partial charge < -0.3 is 10.2 Å². The maximum absolute atomic E-state index is 13.6. The van der Waals surface area contributed by atoms with Gasteiger partial charge in [0.25, 0.3) is 0 Å². The summed E-state index contributed by atoms with van der Waals surface area (Å²) < 4.78 is 13.6. The summed E-state index contributed by atoms with van der Waals surface area (Å²) in [7, 11) is 0. The van der Waals surface area contributed by atoms with Crippen molar-refractivity contribution in [2.75, 3.05) is 16.8 Å². The van der Waals surface area contributed by atoms with Gasteiger partial charge in [0.15, 0.2) is 0 Å². The van der Waals surface area contributed by atoms with E-state index in [0.29, 0.717) is 0 Å². The standard InChI is InChI=1S/C20H23FN2O2/c1-4-16-9-7-8-14(2)20(16)23(15(3)24)13-12-19(25)22-18-11-6-5-10-17(18)21/h5-11H,4,12-13H2,1-3H3,(H,22,25). The third-order valence-corrected chi connectivity index (χ3v) is 4.06. The minimum Gasteiger partial charge on any atom is -0.324 e.